The summed E-state index contributed by atoms with van der Waals surface area (Å²) < 4.78 is 11.3. The van der Waals surface area contributed by atoms with Crippen LogP contribution < -0.4 is 5.32 Å². The lowest BCUT2D eigenvalue weighted by atomic mass is 9.58. The fourth-order valence-corrected chi connectivity index (χ4v) is 3.57. The van der Waals surface area contributed by atoms with E-state index in [9.17, 15) is 5.11 Å². The average molecular weight is 281 g/mol. The van der Waals surface area contributed by atoms with E-state index in [1.54, 1.807) is 6.26 Å². The molecule has 0 bridgehead atoms. The molecule has 1 aromatic heterocycles. The molecule has 2 rings (SSSR count). The van der Waals surface area contributed by atoms with E-state index in [1.807, 2.05) is 12.1 Å². The molecule has 4 nitrogen and oxygen atoms in total. The number of hydrogen-bond acceptors (Lipinski definition) is 4. The van der Waals surface area contributed by atoms with Crippen LogP contribution in [0.15, 0.2) is 22.8 Å². The molecule has 114 valence electrons. The fraction of sp³-hybridized carbons (Fsp3) is 0.750. The zero-order valence-electron chi connectivity index (χ0n) is 12.8. The summed E-state index contributed by atoms with van der Waals surface area (Å²) in [4.78, 5) is 0. The first kappa shape index (κ1) is 15.5. The third kappa shape index (κ3) is 2.65. The smallest absolute Gasteiger partial charge is 0.123 e. The van der Waals surface area contributed by atoms with Gasteiger partial charge in [-0.1, -0.05) is 13.8 Å². The molecule has 2 N–H and O–H groups in total. The third-order valence-corrected chi connectivity index (χ3v) is 4.94. The minimum Gasteiger partial charge on any atom is -0.468 e. The lowest BCUT2D eigenvalue weighted by Gasteiger charge is -2.56. The molecule has 0 saturated heterocycles. The van der Waals surface area contributed by atoms with Crippen LogP contribution in [0.1, 0.15) is 51.8 Å². The molecule has 4 heteroatoms. The molecular formula is C16H27NO3. The van der Waals surface area contributed by atoms with E-state index in [0.717, 1.165) is 31.6 Å². The number of aliphatic hydroxyl groups excluding tert-OH is 1. The number of nitrogens with one attached hydrogen (secondary N) is 1. The average Bonchev–Trinajstić information content (AvgIpc) is 2.97. The van der Waals surface area contributed by atoms with Crippen LogP contribution in [0, 0.1) is 5.41 Å². The highest BCUT2D eigenvalue weighted by molar-refractivity contribution is 5.11. The Morgan fingerprint density at radius 3 is 2.70 bits per heavy atom. The first-order valence-corrected chi connectivity index (χ1v) is 7.73. The van der Waals surface area contributed by atoms with Crippen LogP contribution in [0.5, 0.6) is 0 Å². The molecule has 1 saturated carbocycles. The molecule has 1 fully saturated rings. The lowest BCUT2D eigenvalue weighted by molar-refractivity contribution is -0.141. The summed E-state index contributed by atoms with van der Waals surface area (Å²) in [7, 11) is 0. The second-order valence-corrected chi connectivity index (χ2v) is 5.59. The van der Waals surface area contributed by atoms with Crippen molar-refractivity contribution < 1.29 is 14.3 Å². The maximum Gasteiger partial charge on any atom is 0.123 e. The fourth-order valence-electron chi connectivity index (χ4n) is 3.57. The highest BCUT2D eigenvalue weighted by Gasteiger charge is 2.53. The van der Waals surface area contributed by atoms with E-state index in [4.69, 9.17) is 9.15 Å². The summed E-state index contributed by atoms with van der Waals surface area (Å²) in [6.07, 6.45) is 5.16. The van der Waals surface area contributed by atoms with E-state index in [0.29, 0.717) is 12.1 Å². The minimum absolute atomic E-state index is 0.0484. The van der Waals surface area contributed by atoms with Gasteiger partial charge in [0, 0.05) is 18.1 Å². The first-order valence-electron chi connectivity index (χ1n) is 7.73. The van der Waals surface area contributed by atoms with Gasteiger partial charge in [-0.2, -0.15) is 0 Å². The topological polar surface area (TPSA) is 54.6 Å². The molecule has 1 aliphatic carbocycles. The molecule has 0 radical (unpaired) electrons. The van der Waals surface area contributed by atoms with Crippen LogP contribution in [0.4, 0.5) is 0 Å². The van der Waals surface area contributed by atoms with Gasteiger partial charge in [-0.3, -0.25) is 0 Å². The van der Waals surface area contributed by atoms with Crippen molar-refractivity contribution in [3.63, 3.8) is 0 Å². The van der Waals surface area contributed by atoms with Crippen LogP contribution >= 0.6 is 0 Å². The molecular weight excluding hydrogens is 254 g/mol. The Morgan fingerprint density at radius 2 is 2.20 bits per heavy atom. The van der Waals surface area contributed by atoms with Crippen molar-refractivity contribution in [1.29, 1.82) is 0 Å². The Balaban J connectivity index is 2.05. The standard InChI is InChI=1S/C16H27NO3/c1-4-16(5-2)14(10-15(16)19-6-3)17-12(11-18)13-8-7-9-20-13/h7-9,12,14-15,17-18H,4-6,10-11H2,1-3H3. The van der Waals surface area contributed by atoms with Crippen molar-refractivity contribution in [2.75, 3.05) is 13.2 Å². The first-order chi connectivity index (χ1) is 9.71. The summed E-state index contributed by atoms with van der Waals surface area (Å²) in [5.41, 5.74) is 0.177. The number of hydrogen-bond donors (Lipinski definition) is 2. The van der Waals surface area contributed by atoms with Crippen molar-refractivity contribution in [3.05, 3.63) is 24.2 Å². The molecule has 1 aromatic rings. The molecule has 3 atom stereocenters. The largest absolute Gasteiger partial charge is 0.468 e. The molecule has 0 aliphatic heterocycles. The Kier molecular flexibility index (Phi) is 5.24. The van der Waals surface area contributed by atoms with Crippen LogP contribution in [0.25, 0.3) is 0 Å². The van der Waals surface area contributed by atoms with Gasteiger partial charge in [0.2, 0.25) is 0 Å². The van der Waals surface area contributed by atoms with Gasteiger partial charge in [0.25, 0.3) is 0 Å². The predicted molar refractivity (Wildman–Crippen MR) is 78.5 cm³/mol. The second-order valence-electron chi connectivity index (χ2n) is 5.59. The zero-order chi connectivity index (χ0) is 14.6. The number of rotatable bonds is 8. The van der Waals surface area contributed by atoms with E-state index < -0.39 is 0 Å². The van der Waals surface area contributed by atoms with E-state index in [1.165, 1.54) is 0 Å². The van der Waals surface area contributed by atoms with Gasteiger partial charge in [0.1, 0.15) is 5.76 Å². The number of aliphatic hydroxyl groups is 1. The van der Waals surface area contributed by atoms with Crippen LogP contribution in [-0.2, 0) is 4.74 Å². The molecule has 0 aromatic carbocycles. The predicted octanol–water partition coefficient (Wildman–Crippen LogP) is 2.89. The van der Waals surface area contributed by atoms with Crippen LogP contribution in [-0.4, -0.2) is 30.5 Å². The quantitative estimate of drug-likeness (QED) is 0.769. The van der Waals surface area contributed by atoms with Gasteiger partial charge in [-0.25, -0.2) is 0 Å². The summed E-state index contributed by atoms with van der Waals surface area (Å²) >= 11 is 0. The Hall–Kier alpha value is -0.840. The Bertz CT molecular complexity index is 386. The van der Waals surface area contributed by atoms with Gasteiger partial charge in [-0.05, 0) is 38.3 Å². The Labute approximate surface area is 121 Å². The maximum atomic E-state index is 9.60. The minimum atomic E-state index is -0.130. The van der Waals surface area contributed by atoms with Crippen molar-refractivity contribution in [1.82, 2.24) is 5.32 Å². The highest BCUT2D eigenvalue weighted by atomic mass is 16.5. The summed E-state index contributed by atoms with van der Waals surface area (Å²) in [6.45, 7) is 7.32. The molecule has 3 unspecified atom stereocenters. The SMILES string of the molecule is CCOC1CC(NC(CO)c2ccco2)C1(CC)CC. The van der Waals surface area contributed by atoms with Gasteiger partial charge in [-0.15, -0.1) is 0 Å². The van der Waals surface area contributed by atoms with Crippen molar-refractivity contribution in [2.45, 2.75) is 58.2 Å². The monoisotopic (exact) mass is 281 g/mol. The van der Waals surface area contributed by atoms with Crippen LogP contribution in [0.3, 0.4) is 0 Å². The molecule has 1 heterocycles. The number of furan rings is 1. The van der Waals surface area contributed by atoms with Crippen molar-refractivity contribution in [3.8, 4) is 0 Å². The van der Waals surface area contributed by atoms with E-state index in [-0.39, 0.29) is 18.1 Å². The Morgan fingerprint density at radius 1 is 1.45 bits per heavy atom. The molecule has 1 aliphatic rings. The van der Waals surface area contributed by atoms with Crippen LogP contribution in [0.2, 0.25) is 0 Å². The van der Waals surface area contributed by atoms with Gasteiger partial charge >= 0.3 is 0 Å². The molecule has 0 spiro atoms. The molecule has 0 amide bonds. The van der Waals surface area contributed by atoms with Gasteiger partial charge < -0.3 is 19.6 Å². The van der Waals surface area contributed by atoms with E-state index >= 15 is 0 Å². The second kappa shape index (κ2) is 6.74. The normalized spacial score (nSPS) is 26.2. The third-order valence-electron chi connectivity index (χ3n) is 4.94. The lowest BCUT2D eigenvalue weighted by Crippen LogP contribution is -2.64. The summed E-state index contributed by atoms with van der Waals surface area (Å²) in [5, 5.41) is 13.2. The number of ether oxygens (including phenoxy) is 1. The zero-order valence-corrected chi connectivity index (χ0v) is 12.8. The van der Waals surface area contributed by atoms with Gasteiger partial charge in [0.05, 0.1) is 25.0 Å². The highest BCUT2D eigenvalue weighted by Crippen LogP contribution is 2.49. The molecule has 20 heavy (non-hydrogen) atoms. The summed E-state index contributed by atoms with van der Waals surface area (Å²) in [5.74, 6) is 0.800. The summed E-state index contributed by atoms with van der Waals surface area (Å²) in [6, 6.07) is 4.01. The van der Waals surface area contributed by atoms with Gasteiger partial charge in [0.15, 0.2) is 0 Å². The van der Waals surface area contributed by atoms with Crippen molar-refractivity contribution in [2.24, 2.45) is 5.41 Å². The van der Waals surface area contributed by atoms with Crippen molar-refractivity contribution >= 4 is 0 Å². The van der Waals surface area contributed by atoms with E-state index in [2.05, 4.69) is 26.1 Å². The maximum absolute atomic E-state index is 9.60.